The third-order valence-corrected chi connectivity index (χ3v) is 5.75. The highest BCUT2D eigenvalue weighted by Gasteiger charge is 2.26. The van der Waals surface area contributed by atoms with Crippen LogP contribution in [0.15, 0.2) is 48.5 Å². The van der Waals surface area contributed by atoms with Crippen LogP contribution in [-0.2, 0) is 0 Å². The molecule has 1 aliphatic rings. The van der Waals surface area contributed by atoms with Crippen LogP contribution in [0.1, 0.15) is 26.4 Å². The molecule has 7 nitrogen and oxygen atoms in total. The molecule has 3 aromatic rings. The number of hydrogen-bond acceptors (Lipinski definition) is 3. The number of halogens is 1. The first-order valence-corrected chi connectivity index (χ1v) is 10.4. The minimum Gasteiger partial charge on any atom is -0.363 e. The van der Waals surface area contributed by atoms with E-state index < -0.39 is 0 Å². The summed E-state index contributed by atoms with van der Waals surface area (Å²) in [5.41, 5.74) is 2.74. The Morgan fingerprint density at radius 1 is 0.903 bits per heavy atom. The average Bonchev–Trinajstić information content (AvgIpc) is 3.21. The zero-order valence-corrected chi connectivity index (χ0v) is 18.2. The van der Waals surface area contributed by atoms with Gasteiger partial charge in [0.05, 0.1) is 0 Å². The molecule has 0 bridgehead atoms. The lowest BCUT2D eigenvalue weighted by Gasteiger charge is -2.34. The van der Waals surface area contributed by atoms with E-state index in [2.05, 4.69) is 4.98 Å². The Kier molecular flexibility index (Phi) is 5.69. The summed E-state index contributed by atoms with van der Waals surface area (Å²) in [6.45, 7) is 1.91. The molecular weight excluding hydrogens is 414 g/mol. The van der Waals surface area contributed by atoms with Crippen molar-refractivity contribution >= 4 is 40.2 Å². The molecule has 31 heavy (non-hydrogen) atoms. The molecule has 0 radical (unpaired) electrons. The van der Waals surface area contributed by atoms with Crippen LogP contribution in [0.25, 0.3) is 10.9 Å². The van der Waals surface area contributed by atoms with Gasteiger partial charge in [-0.25, -0.2) is 0 Å². The standard InChI is InChI=1S/C23H24ClN5O2/c1-27(2)21(25)15-3-5-16(6-4-15)22(30)28-9-11-29(12-10-28)23(31)20-14-17-13-18(24)7-8-19(17)26-20/h3-8,13-14,25-26H,9-12H2,1-2H3. The molecule has 0 spiro atoms. The van der Waals surface area contributed by atoms with E-state index in [1.165, 1.54) is 0 Å². The highest BCUT2D eigenvalue weighted by molar-refractivity contribution is 6.31. The Morgan fingerprint density at radius 2 is 1.48 bits per heavy atom. The number of amidine groups is 1. The van der Waals surface area contributed by atoms with Crippen LogP contribution in [-0.4, -0.2) is 77.6 Å². The van der Waals surface area contributed by atoms with Gasteiger partial charge < -0.3 is 19.7 Å². The molecule has 1 aliphatic heterocycles. The second-order valence-corrected chi connectivity index (χ2v) is 8.26. The van der Waals surface area contributed by atoms with Crippen molar-refractivity contribution in [2.45, 2.75) is 0 Å². The van der Waals surface area contributed by atoms with Crippen molar-refractivity contribution in [2.75, 3.05) is 40.3 Å². The molecule has 2 aromatic carbocycles. The van der Waals surface area contributed by atoms with Gasteiger partial charge in [-0.15, -0.1) is 0 Å². The van der Waals surface area contributed by atoms with Gasteiger partial charge in [-0.2, -0.15) is 0 Å². The topological polar surface area (TPSA) is 83.5 Å². The summed E-state index contributed by atoms with van der Waals surface area (Å²) < 4.78 is 0. The molecule has 4 rings (SSSR count). The number of aromatic amines is 1. The van der Waals surface area contributed by atoms with Crippen LogP contribution >= 0.6 is 11.6 Å². The van der Waals surface area contributed by atoms with E-state index in [0.29, 0.717) is 48.3 Å². The number of carbonyl (C=O) groups is 2. The largest absolute Gasteiger partial charge is 0.363 e. The van der Waals surface area contributed by atoms with Crippen LogP contribution in [0.5, 0.6) is 0 Å². The van der Waals surface area contributed by atoms with E-state index in [4.69, 9.17) is 17.0 Å². The molecular formula is C23H24ClN5O2. The molecule has 0 saturated carbocycles. The number of hydrogen-bond donors (Lipinski definition) is 2. The number of rotatable bonds is 3. The van der Waals surface area contributed by atoms with Crippen molar-refractivity contribution in [1.29, 1.82) is 5.41 Å². The van der Waals surface area contributed by atoms with Crippen LogP contribution in [0.2, 0.25) is 5.02 Å². The molecule has 2 N–H and O–H groups in total. The van der Waals surface area contributed by atoms with Crippen molar-refractivity contribution in [3.8, 4) is 0 Å². The molecule has 1 fully saturated rings. The van der Waals surface area contributed by atoms with Crippen molar-refractivity contribution in [2.24, 2.45) is 0 Å². The smallest absolute Gasteiger partial charge is 0.270 e. The lowest BCUT2D eigenvalue weighted by atomic mass is 10.1. The van der Waals surface area contributed by atoms with Gasteiger partial charge in [0.1, 0.15) is 11.5 Å². The third-order valence-electron chi connectivity index (χ3n) is 5.52. The van der Waals surface area contributed by atoms with Crippen molar-refractivity contribution in [3.63, 3.8) is 0 Å². The molecule has 2 heterocycles. The predicted octanol–water partition coefficient (Wildman–Crippen LogP) is 3.31. The Hall–Kier alpha value is -3.32. The van der Waals surface area contributed by atoms with Crippen LogP contribution < -0.4 is 0 Å². The van der Waals surface area contributed by atoms with Gasteiger partial charge in [-0.3, -0.25) is 15.0 Å². The van der Waals surface area contributed by atoms with Crippen LogP contribution in [0.3, 0.4) is 0 Å². The summed E-state index contributed by atoms with van der Waals surface area (Å²) >= 11 is 6.03. The van der Waals surface area contributed by atoms with E-state index >= 15 is 0 Å². The normalized spacial score (nSPS) is 14.0. The van der Waals surface area contributed by atoms with E-state index in [0.717, 1.165) is 16.5 Å². The number of aromatic nitrogens is 1. The first kappa shape index (κ1) is 20.9. The monoisotopic (exact) mass is 437 g/mol. The molecule has 8 heteroatoms. The van der Waals surface area contributed by atoms with Gasteiger partial charge in [0, 0.05) is 67.3 Å². The number of nitrogens with zero attached hydrogens (tertiary/aromatic N) is 3. The number of nitrogens with one attached hydrogen (secondary N) is 2. The minimum absolute atomic E-state index is 0.0599. The highest BCUT2D eigenvalue weighted by atomic mass is 35.5. The van der Waals surface area contributed by atoms with Gasteiger partial charge >= 0.3 is 0 Å². The lowest BCUT2D eigenvalue weighted by Crippen LogP contribution is -2.50. The number of carbonyl (C=O) groups excluding carboxylic acids is 2. The summed E-state index contributed by atoms with van der Waals surface area (Å²) in [6.07, 6.45) is 0. The summed E-state index contributed by atoms with van der Waals surface area (Å²) in [5.74, 6) is 0.256. The van der Waals surface area contributed by atoms with Crippen LogP contribution in [0, 0.1) is 5.41 Å². The number of H-pyrrole nitrogens is 1. The summed E-state index contributed by atoms with van der Waals surface area (Å²) in [7, 11) is 3.63. The van der Waals surface area contributed by atoms with Crippen molar-refractivity contribution in [3.05, 3.63) is 70.4 Å². The lowest BCUT2D eigenvalue weighted by molar-refractivity contribution is 0.0533. The summed E-state index contributed by atoms with van der Waals surface area (Å²) in [6, 6.07) is 14.4. The zero-order chi connectivity index (χ0) is 22.1. The molecule has 1 saturated heterocycles. The molecule has 2 amide bonds. The molecule has 0 aliphatic carbocycles. The summed E-state index contributed by atoms with van der Waals surface area (Å²) in [5, 5.41) is 9.55. The Labute approximate surface area is 185 Å². The molecule has 0 atom stereocenters. The first-order chi connectivity index (χ1) is 14.8. The van der Waals surface area contributed by atoms with Gasteiger partial charge in [0.2, 0.25) is 0 Å². The van der Waals surface area contributed by atoms with E-state index in [9.17, 15) is 9.59 Å². The predicted molar refractivity (Wildman–Crippen MR) is 122 cm³/mol. The van der Waals surface area contributed by atoms with Gasteiger partial charge in [0.15, 0.2) is 0 Å². The maximum Gasteiger partial charge on any atom is 0.270 e. The number of piperazine rings is 1. The second kappa shape index (κ2) is 8.43. The Morgan fingerprint density at radius 3 is 2.10 bits per heavy atom. The Balaban J connectivity index is 1.39. The number of benzene rings is 2. The number of fused-ring (bicyclic) bond motifs is 1. The van der Waals surface area contributed by atoms with Crippen LogP contribution in [0.4, 0.5) is 0 Å². The molecule has 160 valence electrons. The second-order valence-electron chi connectivity index (χ2n) is 7.82. The number of amides is 2. The first-order valence-electron chi connectivity index (χ1n) is 10.1. The van der Waals surface area contributed by atoms with Gasteiger partial charge in [-0.05, 0) is 36.4 Å². The van der Waals surface area contributed by atoms with Gasteiger partial charge in [0.25, 0.3) is 11.8 Å². The van der Waals surface area contributed by atoms with Crippen molar-refractivity contribution in [1.82, 2.24) is 19.7 Å². The average molecular weight is 438 g/mol. The fraction of sp³-hybridized carbons (Fsp3) is 0.261. The molecule has 1 aromatic heterocycles. The minimum atomic E-state index is -0.0778. The molecule has 0 unspecified atom stereocenters. The fourth-order valence-corrected chi connectivity index (χ4v) is 3.89. The third kappa shape index (κ3) is 4.27. The SMILES string of the molecule is CN(C)C(=N)c1ccc(C(=O)N2CCN(C(=O)c3cc4cc(Cl)ccc4[nH]3)CC2)cc1. The highest BCUT2D eigenvalue weighted by Crippen LogP contribution is 2.21. The van der Waals surface area contributed by atoms with Crippen molar-refractivity contribution < 1.29 is 9.59 Å². The maximum absolute atomic E-state index is 12.9. The Bertz CT molecular complexity index is 1140. The maximum atomic E-state index is 12.9. The summed E-state index contributed by atoms with van der Waals surface area (Å²) in [4.78, 5) is 34.1. The zero-order valence-electron chi connectivity index (χ0n) is 17.5. The van der Waals surface area contributed by atoms with E-state index in [1.54, 1.807) is 45.0 Å². The van der Waals surface area contributed by atoms with E-state index in [1.807, 2.05) is 32.3 Å². The van der Waals surface area contributed by atoms with Gasteiger partial charge in [-0.1, -0.05) is 23.7 Å². The van der Waals surface area contributed by atoms with E-state index in [-0.39, 0.29) is 11.8 Å². The fourth-order valence-electron chi connectivity index (χ4n) is 3.71. The quantitative estimate of drug-likeness (QED) is 0.487.